The van der Waals surface area contributed by atoms with E-state index < -0.39 is 5.69 Å². The lowest BCUT2D eigenvalue weighted by Gasteiger charge is -2.37. The Labute approximate surface area is 184 Å². The van der Waals surface area contributed by atoms with Gasteiger partial charge in [0.2, 0.25) is 11.8 Å². The topological polar surface area (TPSA) is 110 Å². The van der Waals surface area contributed by atoms with Crippen LogP contribution >= 0.6 is 0 Å². The lowest BCUT2D eigenvalue weighted by atomic mass is 10.1. The number of anilines is 3. The van der Waals surface area contributed by atoms with E-state index in [1.807, 2.05) is 18.2 Å². The molecule has 0 aliphatic carbocycles. The van der Waals surface area contributed by atoms with Crippen molar-refractivity contribution in [3.05, 3.63) is 47.0 Å². The summed E-state index contributed by atoms with van der Waals surface area (Å²) in [7, 11) is 1.68. The first-order chi connectivity index (χ1) is 15.5. The predicted octanol–water partition coefficient (Wildman–Crippen LogP) is 0.819. The summed E-state index contributed by atoms with van der Waals surface area (Å²) in [5, 5.41) is 1.02. The number of aromatic nitrogens is 3. The molecule has 1 aromatic carbocycles. The summed E-state index contributed by atoms with van der Waals surface area (Å²) in [6.07, 6.45) is 2.82. The number of hydrogen-bond donors (Lipinski definition) is 1. The number of benzene rings is 1. The molecule has 0 saturated carbocycles. The van der Waals surface area contributed by atoms with Gasteiger partial charge < -0.3 is 15.5 Å². The average molecular weight is 435 g/mol. The Morgan fingerprint density at radius 3 is 2.25 bits per heavy atom. The number of aryl methyl sites for hydroxylation is 1. The van der Waals surface area contributed by atoms with E-state index in [9.17, 15) is 14.4 Å². The molecule has 166 valence electrons. The van der Waals surface area contributed by atoms with Crippen molar-refractivity contribution in [1.82, 2.24) is 14.2 Å². The van der Waals surface area contributed by atoms with Crippen LogP contribution in [0.15, 0.2) is 41.3 Å². The van der Waals surface area contributed by atoms with Gasteiger partial charge in [0.25, 0.3) is 0 Å². The van der Waals surface area contributed by atoms with Gasteiger partial charge in [-0.15, -0.1) is 0 Å². The fourth-order valence-corrected chi connectivity index (χ4v) is 4.58. The Morgan fingerprint density at radius 2 is 1.59 bits per heavy atom. The van der Waals surface area contributed by atoms with E-state index in [4.69, 9.17) is 5.73 Å². The molecule has 32 heavy (non-hydrogen) atoms. The third-order valence-corrected chi connectivity index (χ3v) is 6.24. The molecule has 2 aliphatic heterocycles. The number of imidazole rings is 1. The van der Waals surface area contributed by atoms with Gasteiger partial charge in [-0.25, -0.2) is 9.78 Å². The number of piperidine rings is 1. The number of amides is 2. The molecule has 2 aromatic heterocycles. The van der Waals surface area contributed by atoms with E-state index in [1.165, 1.54) is 9.24 Å². The minimum atomic E-state index is -0.400. The van der Waals surface area contributed by atoms with Crippen LogP contribution < -0.4 is 26.2 Å². The van der Waals surface area contributed by atoms with Gasteiger partial charge in [-0.2, -0.15) is 9.69 Å². The van der Waals surface area contributed by atoms with E-state index in [2.05, 4.69) is 14.8 Å². The Morgan fingerprint density at radius 1 is 0.906 bits per heavy atom. The van der Waals surface area contributed by atoms with Crippen molar-refractivity contribution in [3.8, 4) is 0 Å². The van der Waals surface area contributed by atoms with E-state index in [0.29, 0.717) is 23.3 Å². The van der Waals surface area contributed by atoms with Crippen molar-refractivity contribution in [2.75, 3.05) is 46.7 Å². The number of carbonyl (C=O) groups excluding carboxylic acids is 2. The lowest BCUT2D eigenvalue weighted by molar-refractivity contribution is -0.131. The number of para-hydroxylation sites is 1. The summed E-state index contributed by atoms with van der Waals surface area (Å²) in [6.45, 7) is 3.09. The minimum absolute atomic E-state index is 0.260. The molecule has 5 rings (SSSR count). The van der Waals surface area contributed by atoms with Gasteiger partial charge in [0.1, 0.15) is 5.82 Å². The SMILES string of the molecule is Cn1c(=O)n(N2C(=O)CCCC2=O)c2cccc(N3CCN(c4ccc(N)nc4)CC3)c21. The molecule has 2 saturated heterocycles. The van der Waals surface area contributed by atoms with Crippen LogP contribution in [0.1, 0.15) is 19.3 Å². The number of pyridine rings is 1. The van der Waals surface area contributed by atoms with Gasteiger partial charge in [0, 0.05) is 46.1 Å². The second-order valence-corrected chi connectivity index (χ2v) is 8.17. The van der Waals surface area contributed by atoms with Crippen molar-refractivity contribution < 1.29 is 9.59 Å². The molecule has 2 aliphatic rings. The maximum absolute atomic E-state index is 13.1. The van der Waals surface area contributed by atoms with Gasteiger partial charge in [-0.3, -0.25) is 14.2 Å². The zero-order valence-corrected chi connectivity index (χ0v) is 17.9. The van der Waals surface area contributed by atoms with E-state index >= 15 is 0 Å². The molecule has 0 spiro atoms. The largest absolute Gasteiger partial charge is 0.384 e. The van der Waals surface area contributed by atoms with Gasteiger partial charge >= 0.3 is 5.69 Å². The maximum atomic E-state index is 13.1. The first kappa shape index (κ1) is 20.1. The standard InChI is InChI=1S/C22H25N7O3/c1-25-21-16(27-12-10-26(11-13-27)15-8-9-18(23)24-14-15)4-2-5-17(21)28(22(25)32)29-19(30)6-3-7-20(29)31/h2,4-5,8-9,14H,3,6-7,10-13H2,1H3,(H2,23,24). The number of nitrogens with two attached hydrogens (primary N) is 1. The second-order valence-electron chi connectivity index (χ2n) is 8.17. The number of fused-ring (bicyclic) bond motifs is 1. The Hall–Kier alpha value is -3.82. The van der Waals surface area contributed by atoms with Crippen LogP contribution in [0.25, 0.3) is 11.0 Å². The Balaban J connectivity index is 1.48. The maximum Gasteiger partial charge on any atom is 0.348 e. The van der Waals surface area contributed by atoms with Crippen LogP contribution in [-0.4, -0.2) is 52.2 Å². The van der Waals surface area contributed by atoms with Crippen molar-refractivity contribution in [2.45, 2.75) is 19.3 Å². The van der Waals surface area contributed by atoms with Crippen LogP contribution in [-0.2, 0) is 16.6 Å². The molecule has 2 amide bonds. The predicted molar refractivity (Wildman–Crippen MR) is 122 cm³/mol. The third kappa shape index (κ3) is 3.19. The minimum Gasteiger partial charge on any atom is -0.384 e. The smallest absolute Gasteiger partial charge is 0.348 e. The molecule has 2 fully saturated rings. The lowest BCUT2D eigenvalue weighted by Crippen LogP contribution is -2.52. The number of carbonyl (C=O) groups is 2. The summed E-state index contributed by atoms with van der Waals surface area (Å²) in [6, 6.07) is 9.39. The highest BCUT2D eigenvalue weighted by Crippen LogP contribution is 2.28. The Bertz CT molecular complexity index is 1240. The fraction of sp³-hybridized carbons (Fsp3) is 0.364. The van der Waals surface area contributed by atoms with E-state index in [0.717, 1.165) is 42.6 Å². The molecule has 10 nitrogen and oxygen atoms in total. The highest BCUT2D eigenvalue weighted by Gasteiger charge is 2.32. The van der Waals surface area contributed by atoms with Crippen molar-refractivity contribution >= 4 is 40.0 Å². The summed E-state index contributed by atoms with van der Waals surface area (Å²) >= 11 is 0. The molecule has 0 atom stereocenters. The summed E-state index contributed by atoms with van der Waals surface area (Å²) in [5.74, 6) is -0.186. The highest BCUT2D eigenvalue weighted by molar-refractivity contribution is 6.11. The normalized spacial score (nSPS) is 17.5. The first-order valence-corrected chi connectivity index (χ1v) is 10.7. The zero-order chi connectivity index (χ0) is 22.4. The number of piperazine rings is 1. The molecular formula is C22H25N7O3. The second kappa shape index (κ2) is 7.70. The molecule has 2 N–H and O–H groups in total. The number of rotatable bonds is 3. The molecule has 0 bridgehead atoms. The van der Waals surface area contributed by atoms with Crippen LogP contribution in [0.2, 0.25) is 0 Å². The van der Waals surface area contributed by atoms with Crippen LogP contribution in [0.4, 0.5) is 17.2 Å². The van der Waals surface area contributed by atoms with Crippen molar-refractivity contribution in [2.24, 2.45) is 7.05 Å². The van der Waals surface area contributed by atoms with Gasteiger partial charge in [-0.05, 0) is 30.7 Å². The number of nitrogens with zero attached hydrogens (tertiary/aromatic N) is 6. The number of imide groups is 1. The molecular weight excluding hydrogens is 410 g/mol. The molecule has 0 radical (unpaired) electrons. The number of nitrogen functional groups attached to an aromatic ring is 1. The first-order valence-electron chi connectivity index (χ1n) is 10.7. The van der Waals surface area contributed by atoms with Crippen LogP contribution in [0, 0.1) is 0 Å². The van der Waals surface area contributed by atoms with E-state index in [-0.39, 0.29) is 24.7 Å². The van der Waals surface area contributed by atoms with Gasteiger partial charge in [-0.1, -0.05) is 6.07 Å². The zero-order valence-electron chi connectivity index (χ0n) is 17.9. The third-order valence-electron chi connectivity index (χ3n) is 6.24. The average Bonchev–Trinajstić information content (AvgIpc) is 3.05. The van der Waals surface area contributed by atoms with Crippen molar-refractivity contribution in [3.63, 3.8) is 0 Å². The summed E-state index contributed by atoms with van der Waals surface area (Å²) in [5.41, 5.74) is 8.50. The van der Waals surface area contributed by atoms with Gasteiger partial charge in [0.15, 0.2) is 0 Å². The molecule has 10 heteroatoms. The monoisotopic (exact) mass is 435 g/mol. The quantitative estimate of drug-likeness (QED) is 0.607. The number of hydrogen-bond acceptors (Lipinski definition) is 7. The summed E-state index contributed by atoms with van der Waals surface area (Å²) < 4.78 is 2.76. The van der Waals surface area contributed by atoms with Crippen LogP contribution in [0.3, 0.4) is 0 Å². The van der Waals surface area contributed by atoms with E-state index in [1.54, 1.807) is 25.4 Å². The Kier molecular flexibility index (Phi) is 4.84. The molecule has 4 heterocycles. The summed E-state index contributed by atoms with van der Waals surface area (Å²) in [4.78, 5) is 46.8. The van der Waals surface area contributed by atoms with Gasteiger partial charge in [0.05, 0.1) is 28.6 Å². The van der Waals surface area contributed by atoms with Crippen molar-refractivity contribution in [1.29, 1.82) is 0 Å². The molecule has 0 unspecified atom stereocenters. The van der Waals surface area contributed by atoms with Crippen LogP contribution in [0.5, 0.6) is 0 Å². The molecule has 3 aromatic rings. The fourth-order valence-electron chi connectivity index (χ4n) is 4.58. The highest BCUT2D eigenvalue weighted by atomic mass is 16.2.